The second-order valence-electron chi connectivity index (χ2n) is 8.36. The average molecular weight is 465 g/mol. The predicted octanol–water partition coefficient (Wildman–Crippen LogP) is 5.09. The molecule has 1 atom stereocenters. The molecule has 1 aliphatic carbocycles. The fraction of sp³-hybridized carbons (Fsp3) is 0.522. The van der Waals surface area contributed by atoms with Crippen LogP contribution in [-0.2, 0) is 21.3 Å². The van der Waals surface area contributed by atoms with Gasteiger partial charge in [0.25, 0.3) is 10.0 Å². The van der Waals surface area contributed by atoms with Crippen molar-refractivity contribution in [2.45, 2.75) is 69.2 Å². The largest absolute Gasteiger partial charge is 0.465 e. The van der Waals surface area contributed by atoms with Gasteiger partial charge < -0.3 is 10.1 Å². The van der Waals surface area contributed by atoms with Crippen LogP contribution in [0.15, 0.2) is 34.5 Å². The monoisotopic (exact) mass is 464 g/mol. The van der Waals surface area contributed by atoms with E-state index in [1.54, 1.807) is 19.1 Å². The Morgan fingerprint density at radius 3 is 2.65 bits per heavy atom. The summed E-state index contributed by atoms with van der Waals surface area (Å²) in [7, 11) is -2.54. The van der Waals surface area contributed by atoms with E-state index in [4.69, 9.17) is 4.74 Å². The summed E-state index contributed by atoms with van der Waals surface area (Å²) in [6.07, 6.45) is 7.81. The number of methoxy groups -OCH3 is 1. The van der Waals surface area contributed by atoms with Crippen LogP contribution in [0.5, 0.6) is 0 Å². The van der Waals surface area contributed by atoms with E-state index < -0.39 is 16.0 Å². The van der Waals surface area contributed by atoms with Gasteiger partial charge in [0.05, 0.1) is 12.8 Å². The fourth-order valence-electron chi connectivity index (χ4n) is 4.19. The molecule has 0 unspecified atom stereocenters. The van der Waals surface area contributed by atoms with Gasteiger partial charge in [0.1, 0.15) is 9.09 Å². The number of aryl methyl sites for hydroxylation is 1. The molecule has 0 bridgehead atoms. The van der Waals surface area contributed by atoms with Crippen molar-refractivity contribution >= 4 is 33.0 Å². The van der Waals surface area contributed by atoms with E-state index in [0.717, 1.165) is 29.2 Å². The number of esters is 1. The number of sulfonamides is 1. The summed E-state index contributed by atoms with van der Waals surface area (Å²) >= 11 is 0.921. The number of rotatable bonds is 9. The Morgan fingerprint density at radius 1 is 1.23 bits per heavy atom. The molecule has 0 saturated heterocycles. The standard InChI is InChI=1S/C23H32N2O4S2/c1-16-13-21(22(26)29-3)30-23(16)31(27,28)25-20-12-8-7-11-19(20)15-24-17(2)14-18-9-5-4-6-10-18/h7-8,11-13,17-18,24-25H,4-6,9-10,14-15H2,1-3H3/t17-/m0/s1. The quantitative estimate of drug-likeness (QED) is 0.505. The molecular weight excluding hydrogens is 432 g/mol. The lowest BCUT2D eigenvalue weighted by atomic mass is 9.85. The molecule has 31 heavy (non-hydrogen) atoms. The van der Waals surface area contributed by atoms with Gasteiger partial charge in [0.2, 0.25) is 0 Å². The van der Waals surface area contributed by atoms with E-state index in [9.17, 15) is 13.2 Å². The van der Waals surface area contributed by atoms with Crippen LogP contribution in [-0.4, -0.2) is 27.5 Å². The van der Waals surface area contributed by atoms with Gasteiger partial charge in [-0.2, -0.15) is 0 Å². The van der Waals surface area contributed by atoms with E-state index in [2.05, 4.69) is 17.0 Å². The number of ether oxygens (including phenoxy) is 1. The number of benzene rings is 1. The van der Waals surface area contributed by atoms with Crippen LogP contribution in [0.1, 0.15) is 66.2 Å². The summed E-state index contributed by atoms with van der Waals surface area (Å²) in [6.45, 7) is 4.46. The molecule has 1 fully saturated rings. The van der Waals surface area contributed by atoms with Gasteiger partial charge in [-0.15, -0.1) is 11.3 Å². The number of hydrogen-bond acceptors (Lipinski definition) is 6. The lowest BCUT2D eigenvalue weighted by Gasteiger charge is -2.25. The maximum Gasteiger partial charge on any atom is 0.348 e. The zero-order valence-electron chi connectivity index (χ0n) is 18.4. The first-order valence-electron chi connectivity index (χ1n) is 10.8. The van der Waals surface area contributed by atoms with Gasteiger partial charge in [0.15, 0.2) is 0 Å². The molecule has 6 nitrogen and oxygen atoms in total. The number of anilines is 1. The Hall–Kier alpha value is -1.90. The van der Waals surface area contributed by atoms with Gasteiger partial charge in [0, 0.05) is 12.6 Å². The molecule has 0 radical (unpaired) electrons. The predicted molar refractivity (Wildman–Crippen MR) is 125 cm³/mol. The smallest absolute Gasteiger partial charge is 0.348 e. The lowest BCUT2D eigenvalue weighted by molar-refractivity contribution is 0.0606. The zero-order chi connectivity index (χ0) is 22.4. The Bertz CT molecular complexity index is 995. The van der Waals surface area contributed by atoms with Crippen molar-refractivity contribution in [3.05, 3.63) is 46.3 Å². The molecule has 1 saturated carbocycles. The minimum atomic E-state index is -3.82. The number of para-hydroxylation sites is 1. The molecule has 3 rings (SSSR count). The average Bonchev–Trinajstić information content (AvgIpc) is 3.16. The molecule has 170 valence electrons. The van der Waals surface area contributed by atoms with Gasteiger partial charge in [-0.25, -0.2) is 13.2 Å². The van der Waals surface area contributed by atoms with Crippen molar-refractivity contribution in [2.75, 3.05) is 11.8 Å². The third kappa shape index (κ3) is 6.30. The second kappa shape index (κ2) is 10.6. The molecule has 0 amide bonds. The SMILES string of the molecule is COC(=O)c1cc(C)c(S(=O)(=O)Nc2ccccc2CN[C@@H](C)CC2CCCCC2)s1. The molecule has 2 N–H and O–H groups in total. The molecule has 0 aliphatic heterocycles. The highest BCUT2D eigenvalue weighted by molar-refractivity contribution is 7.94. The maximum absolute atomic E-state index is 13.0. The van der Waals surface area contributed by atoms with Gasteiger partial charge in [-0.3, -0.25) is 4.72 Å². The summed E-state index contributed by atoms with van der Waals surface area (Å²) in [6, 6.07) is 9.34. The summed E-state index contributed by atoms with van der Waals surface area (Å²) in [4.78, 5) is 12.0. The second-order valence-corrected chi connectivity index (χ2v) is 11.3. The molecule has 1 heterocycles. The van der Waals surface area contributed by atoms with Crippen LogP contribution in [0.4, 0.5) is 5.69 Å². The number of thiophene rings is 1. The van der Waals surface area contributed by atoms with Crippen LogP contribution < -0.4 is 10.0 Å². The van der Waals surface area contributed by atoms with Crippen molar-refractivity contribution in [1.29, 1.82) is 0 Å². The third-order valence-corrected chi connectivity index (χ3v) is 9.04. The zero-order valence-corrected chi connectivity index (χ0v) is 20.1. The molecule has 0 spiro atoms. The summed E-state index contributed by atoms with van der Waals surface area (Å²) in [5, 5.41) is 3.56. The van der Waals surface area contributed by atoms with Gasteiger partial charge in [-0.05, 0) is 49.4 Å². The fourth-order valence-corrected chi connectivity index (χ4v) is 6.91. The van der Waals surface area contributed by atoms with E-state index >= 15 is 0 Å². The van der Waals surface area contributed by atoms with Gasteiger partial charge in [-0.1, -0.05) is 50.3 Å². The van der Waals surface area contributed by atoms with Gasteiger partial charge >= 0.3 is 5.97 Å². The molecule has 1 aliphatic rings. The Kier molecular flexibility index (Phi) is 8.13. The van der Waals surface area contributed by atoms with Crippen LogP contribution in [0.2, 0.25) is 0 Å². The Morgan fingerprint density at radius 2 is 1.94 bits per heavy atom. The maximum atomic E-state index is 13.0. The van der Waals surface area contributed by atoms with E-state index in [-0.39, 0.29) is 9.09 Å². The first kappa shape index (κ1) is 23.8. The summed E-state index contributed by atoms with van der Waals surface area (Å²) in [5.41, 5.74) is 1.96. The van der Waals surface area contributed by atoms with Crippen LogP contribution >= 0.6 is 11.3 Å². The summed E-state index contributed by atoms with van der Waals surface area (Å²) in [5.74, 6) is 0.252. The van der Waals surface area contributed by atoms with E-state index in [1.165, 1.54) is 39.2 Å². The molecule has 8 heteroatoms. The topological polar surface area (TPSA) is 84.5 Å². The van der Waals surface area contributed by atoms with E-state index in [0.29, 0.717) is 23.8 Å². The van der Waals surface area contributed by atoms with Crippen molar-refractivity contribution in [2.24, 2.45) is 5.92 Å². The van der Waals surface area contributed by atoms with Crippen molar-refractivity contribution in [1.82, 2.24) is 5.32 Å². The molecule has 2 aromatic rings. The van der Waals surface area contributed by atoms with Crippen molar-refractivity contribution in [3.63, 3.8) is 0 Å². The highest BCUT2D eigenvalue weighted by Crippen LogP contribution is 2.30. The molecule has 1 aromatic heterocycles. The summed E-state index contributed by atoms with van der Waals surface area (Å²) < 4.78 is 33.6. The van der Waals surface area contributed by atoms with Crippen molar-refractivity contribution < 1.29 is 17.9 Å². The van der Waals surface area contributed by atoms with E-state index in [1.807, 2.05) is 18.2 Å². The number of nitrogens with one attached hydrogen (secondary N) is 2. The highest BCUT2D eigenvalue weighted by atomic mass is 32.2. The first-order chi connectivity index (χ1) is 14.8. The van der Waals surface area contributed by atoms with Crippen molar-refractivity contribution in [3.8, 4) is 0 Å². The van der Waals surface area contributed by atoms with Crippen LogP contribution in [0, 0.1) is 12.8 Å². The lowest BCUT2D eigenvalue weighted by Crippen LogP contribution is -2.29. The van der Waals surface area contributed by atoms with Crippen LogP contribution in [0.25, 0.3) is 0 Å². The number of hydrogen-bond donors (Lipinski definition) is 2. The third-order valence-electron chi connectivity index (χ3n) is 5.82. The number of carbonyl (C=O) groups excluding carboxylic acids is 1. The molecule has 1 aromatic carbocycles. The van der Waals surface area contributed by atoms with Crippen LogP contribution in [0.3, 0.4) is 0 Å². The Balaban J connectivity index is 1.68. The Labute approximate surface area is 189 Å². The molecular formula is C23H32N2O4S2. The number of carbonyl (C=O) groups is 1. The highest BCUT2D eigenvalue weighted by Gasteiger charge is 2.24. The minimum absolute atomic E-state index is 0.126. The minimum Gasteiger partial charge on any atom is -0.465 e. The normalized spacial score (nSPS) is 16.1. The first-order valence-corrected chi connectivity index (χ1v) is 13.1.